The summed E-state index contributed by atoms with van der Waals surface area (Å²) < 4.78 is 34.5. The molecule has 0 bridgehead atoms. The lowest BCUT2D eigenvalue weighted by atomic mass is 10.6. The number of hydrogen-bond acceptors (Lipinski definition) is 1. The Bertz CT molecular complexity index is 157. The van der Waals surface area contributed by atoms with Gasteiger partial charge in [0.15, 0.2) is 0 Å². The fourth-order valence-electron chi connectivity index (χ4n) is 0.285. The van der Waals surface area contributed by atoms with Gasteiger partial charge in [0.1, 0.15) is 0 Å². The summed E-state index contributed by atoms with van der Waals surface area (Å²) in [4.78, 5) is 9.23. The molecule has 0 aromatic heterocycles. The van der Waals surface area contributed by atoms with Crippen LogP contribution in [-0.4, -0.2) is 24.2 Å². The van der Waals surface area contributed by atoms with Crippen molar-refractivity contribution < 1.29 is 18.0 Å². The molecule has 56 valence electrons. The summed E-state index contributed by atoms with van der Waals surface area (Å²) in [5.74, 6) is 1.70. The molecular formula is C5H4F3NO. The zero-order valence-electron chi connectivity index (χ0n) is 4.85. The van der Waals surface area contributed by atoms with Crippen LogP contribution in [0.25, 0.3) is 0 Å². The molecule has 0 saturated heterocycles. The SMILES string of the molecule is C#CCN(C=O)C(F)(F)F. The van der Waals surface area contributed by atoms with E-state index in [-0.39, 0.29) is 6.41 Å². The van der Waals surface area contributed by atoms with E-state index in [0.717, 1.165) is 0 Å². The van der Waals surface area contributed by atoms with Crippen molar-refractivity contribution in [2.45, 2.75) is 6.30 Å². The van der Waals surface area contributed by atoms with Gasteiger partial charge in [-0.3, -0.25) is 4.79 Å². The molecule has 0 aliphatic heterocycles. The van der Waals surface area contributed by atoms with Crippen LogP contribution in [0.3, 0.4) is 0 Å². The van der Waals surface area contributed by atoms with E-state index < -0.39 is 17.7 Å². The Morgan fingerprint density at radius 1 is 1.60 bits per heavy atom. The maximum atomic E-state index is 11.5. The normalized spacial score (nSPS) is 10.2. The second-order valence-electron chi connectivity index (χ2n) is 1.41. The van der Waals surface area contributed by atoms with Crippen LogP contribution in [0.1, 0.15) is 0 Å². The average Bonchev–Trinajstić information content (AvgIpc) is 1.80. The van der Waals surface area contributed by atoms with Crippen molar-refractivity contribution in [1.82, 2.24) is 4.90 Å². The maximum absolute atomic E-state index is 11.5. The van der Waals surface area contributed by atoms with Gasteiger partial charge in [0, 0.05) is 0 Å². The van der Waals surface area contributed by atoms with Gasteiger partial charge in [-0.2, -0.15) is 0 Å². The van der Waals surface area contributed by atoms with Crippen LogP contribution >= 0.6 is 0 Å². The Labute approximate surface area is 55.6 Å². The lowest BCUT2D eigenvalue weighted by Gasteiger charge is -2.16. The Kier molecular flexibility index (Phi) is 2.74. The van der Waals surface area contributed by atoms with Crippen molar-refractivity contribution in [3.63, 3.8) is 0 Å². The summed E-state index contributed by atoms with van der Waals surface area (Å²) in [6.07, 6.45) is -0.455. The van der Waals surface area contributed by atoms with E-state index in [2.05, 4.69) is 6.42 Å². The molecule has 0 aromatic carbocycles. The third-order valence-electron chi connectivity index (χ3n) is 0.715. The standard InChI is InChI=1S/C5H4F3NO/c1-2-3-9(4-10)5(6,7)8/h1,4H,3H2. The molecule has 10 heavy (non-hydrogen) atoms. The highest BCUT2D eigenvalue weighted by atomic mass is 19.4. The third-order valence-corrected chi connectivity index (χ3v) is 0.715. The van der Waals surface area contributed by atoms with Crippen molar-refractivity contribution in [1.29, 1.82) is 0 Å². The van der Waals surface area contributed by atoms with Gasteiger partial charge in [0.2, 0.25) is 6.41 Å². The predicted octanol–water partition coefficient (Wildman–Crippen LogP) is 0.598. The third kappa shape index (κ3) is 2.40. The molecule has 0 atom stereocenters. The molecule has 0 spiro atoms. The molecule has 5 heteroatoms. The minimum atomic E-state index is -4.66. The van der Waals surface area contributed by atoms with Crippen LogP contribution in [0.15, 0.2) is 0 Å². The van der Waals surface area contributed by atoms with E-state index in [0.29, 0.717) is 0 Å². The quantitative estimate of drug-likeness (QED) is 0.321. The monoisotopic (exact) mass is 151 g/mol. The zero-order chi connectivity index (χ0) is 8.20. The molecule has 0 radical (unpaired) electrons. The first-order valence-corrected chi connectivity index (χ1v) is 2.24. The molecule has 0 saturated carbocycles. The van der Waals surface area contributed by atoms with Gasteiger partial charge in [0.25, 0.3) is 0 Å². The second-order valence-corrected chi connectivity index (χ2v) is 1.41. The summed E-state index contributed by atoms with van der Waals surface area (Å²) in [6.45, 7) is -0.743. The predicted molar refractivity (Wildman–Crippen MR) is 27.7 cm³/mol. The molecule has 1 amide bonds. The number of alkyl halides is 3. The van der Waals surface area contributed by atoms with Crippen LogP contribution in [0.2, 0.25) is 0 Å². The number of hydrogen-bond donors (Lipinski definition) is 0. The van der Waals surface area contributed by atoms with E-state index in [4.69, 9.17) is 0 Å². The number of rotatable bonds is 2. The lowest BCUT2D eigenvalue weighted by molar-refractivity contribution is -0.230. The van der Waals surface area contributed by atoms with E-state index in [1.807, 2.05) is 0 Å². The summed E-state index contributed by atoms with van der Waals surface area (Å²) >= 11 is 0. The molecule has 0 aliphatic carbocycles. The van der Waals surface area contributed by atoms with E-state index in [9.17, 15) is 18.0 Å². The largest absolute Gasteiger partial charge is 0.487 e. The molecule has 2 nitrogen and oxygen atoms in total. The van der Waals surface area contributed by atoms with Gasteiger partial charge in [0.05, 0.1) is 6.54 Å². The molecule has 0 fully saturated rings. The number of amides is 1. The van der Waals surface area contributed by atoms with Crippen molar-refractivity contribution in [3.05, 3.63) is 0 Å². The summed E-state index contributed by atoms with van der Waals surface area (Å²) in [7, 11) is 0. The van der Waals surface area contributed by atoms with Gasteiger partial charge < -0.3 is 0 Å². The van der Waals surface area contributed by atoms with Crippen LogP contribution in [0.4, 0.5) is 13.2 Å². The Morgan fingerprint density at radius 3 is 2.20 bits per heavy atom. The highest BCUT2D eigenvalue weighted by Gasteiger charge is 2.35. The van der Waals surface area contributed by atoms with Crippen LogP contribution < -0.4 is 0 Å². The van der Waals surface area contributed by atoms with Gasteiger partial charge in [-0.05, 0) is 0 Å². The molecule has 0 heterocycles. The fraction of sp³-hybridized carbons (Fsp3) is 0.400. The number of terminal acetylenes is 1. The van der Waals surface area contributed by atoms with Crippen molar-refractivity contribution >= 4 is 6.41 Å². The summed E-state index contributed by atoms with van der Waals surface area (Å²) in [6, 6.07) is 0. The molecule has 0 unspecified atom stereocenters. The van der Waals surface area contributed by atoms with Crippen molar-refractivity contribution in [3.8, 4) is 12.3 Å². The smallest absolute Gasteiger partial charge is 0.278 e. The van der Waals surface area contributed by atoms with Gasteiger partial charge in [-0.25, -0.2) is 4.90 Å². The molecule has 0 rings (SSSR count). The van der Waals surface area contributed by atoms with E-state index in [1.165, 1.54) is 0 Å². The van der Waals surface area contributed by atoms with Crippen LogP contribution in [0.5, 0.6) is 0 Å². The molecule has 0 aliphatic rings. The first-order chi connectivity index (χ1) is 4.52. The number of nitrogens with zero attached hydrogens (tertiary/aromatic N) is 1. The number of carbonyl (C=O) groups is 1. The molecular weight excluding hydrogens is 147 g/mol. The lowest BCUT2D eigenvalue weighted by Crippen LogP contribution is -2.36. The molecule has 0 aromatic rings. The summed E-state index contributed by atoms with van der Waals surface area (Å²) in [5, 5.41) is 0. The summed E-state index contributed by atoms with van der Waals surface area (Å²) in [5.41, 5.74) is 0. The minimum absolute atomic E-state index is 0.347. The number of carbonyl (C=O) groups excluding carboxylic acids is 1. The van der Waals surface area contributed by atoms with Gasteiger partial charge in [-0.1, -0.05) is 5.92 Å². The van der Waals surface area contributed by atoms with Crippen LogP contribution in [0, 0.1) is 12.3 Å². The number of halogens is 3. The van der Waals surface area contributed by atoms with Crippen molar-refractivity contribution in [2.24, 2.45) is 0 Å². The Balaban J connectivity index is 4.10. The fourth-order valence-corrected chi connectivity index (χ4v) is 0.285. The molecule has 0 N–H and O–H groups in total. The van der Waals surface area contributed by atoms with E-state index in [1.54, 1.807) is 5.92 Å². The minimum Gasteiger partial charge on any atom is -0.278 e. The highest BCUT2D eigenvalue weighted by Crippen LogP contribution is 2.17. The maximum Gasteiger partial charge on any atom is 0.487 e. The van der Waals surface area contributed by atoms with Gasteiger partial charge in [-0.15, -0.1) is 19.6 Å². The first-order valence-electron chi connectivity index (χ1n) is 2.24. The highest BCUT2D eigenvalue weighted by molar-refractivity contribution is 5.48. The Morgan fingerprint density at radius 2 is 2.10 bits per heavy atom. The Hall–Kier alpha value is -1.18. The second kappa shape index (κ2) is 3.11. The van der Waals surface area contributed by atoms with Crippen LogP contribution in [-0.2, 0) is 4.79 Å². The topological polar surface area (TPSA) is 20.3 Å². The first kappa shape index (κ1) is 8.82. The van der Waals surface area contributed by atoms with Gasteiger partial charge >= 0.3 is 6.30 Å². The van der Waals surface area contributed by atoms with E-state index >= 15 is 0 Å². The van der Waals surface area contributed by atoms with Crippen molar-refractivity contribution in [2.75, 3.05) is 6.54 Å². The zero-order valence-corrected chi connectivity index (χ0v) is 4.85. The average molecular weight is 151 g/mol.